The predicted molar refractivity (Wildman–Crippen MR) is 64.7 cm³/mol. The van der Waals surface area contributed by atoms with Gasteiger partial charge < -0.3 is 15.8 Å². The first-order chi connectivity index (χ1) is 7.69. The van der Waals surface area contributed by atoms with Gasteiger partial charge in [0.25, 0.3) is 0 Å². The molecule has 1 aromatic rings. The molecule has 0 unspecified atom stereocenters. The molecule has 1 rings (SSSR count). The van der Waals surface area contributed by atoms with Crippen molar-refractivity contribution in [1.82, 2.24) is 0 Å². The van der Waals surface area contributed by atoms with Crippen LogP contribution in [0.15, 0.2) is 18.2 Å². The van der Waals surface area contributed by atoms with Gasteiger partial charge in [0.15, 0.2) is 0 Å². The van der Waals surface area contributed by atoms with E-state index in [9.17, 15) is 4.79 Å². The molecule has 16 heavy (non-hydrogen) atoms. The fourth-order valence-electron chi connectivity index (χ4n) is 1.37. The first-order valence-electron chi connectivity index (χ1n) is 5.30. The summed E-state index contributed by atoms with van der Waals surface area (Å²) in [5.41, 5.74) is 1.66. The second-order valence-corrected chi connectivity index (χ2v) is 3.53. The van der Waals surface area contributed by atoms with E-state index in [1.165, 1.54) is 12.3 Å². The highest BCUT2D eigenvalue weighted by atomic mass is 16.4. The Morgan fingerprint density at radius 1 is 1.56 bits per heavy atom. The summed E-state index contributed by atoms with van der Waals surface area (Å²) < 4.78 is 0. The molecule has 4 heteroatoms. The highest BCUT2D eigenvalue weighted by molar-refractivity contribution is 5.93. The van der Waals surface area contributed by atoms with E-state index in [1.54, 1.807) is 12.1 Å². The zero-order chi connectivity index (χ0) is 12.0. The molecule has 0 saturated heterocycles. The number of unbranched alkanes of at least 4 members (excludes halogenated alkanes) is 1. The first-order valence-corrected chi connectivity index (χ1v) is 5.30. The number of anilines is 1. The van der Waals surface area contributed by atoms with Gasteiger partial charge >= 0.3 is 5.97 Å². The van der Waals surface area contributed by atoms with Crippen molar-refractivity contribution in [2.75, 3.05) is 11.9 Å². The molecule has 0 radical (unpaired) electrons. The Morgan fingerprint density at radius 2 is 2.31 bits per heavy atom. The number of benzene rings is 1. The topological polar surface area (TPSA) is 73.2 Å². The molecule has 4 nitrogen and oxygen atoms in total. The fraction of sp³-hybridized carbons (Fsp3) is 0.333. The number of carboxylic acid groups (broad SMARTS) is 1. The van der Waals surface area contributed by atoms with Crippen molar-refractivity contribution < 1.29 is 9.90 Å². The third-order valence-electron chi connectivity index (χ3n) is 2.30. The lowest BCUT2D eigenvalue weighted by atomic mass is 10.1. The van der Waals surface area contributed by atoms with Gasteiger partial charge in [0.05, 0.1) is 5.56 Å². The molecule has 0 spiro atoms. The van der Waals surface area contributed by atoms with Crippen LogP contribution < -0.4 is 5.32 Å². The molecule has 0 saturated carbocycles. The maximum Gasteiger partial charge on any atom is 0.335 e. The van der Waals surface area contributed by atoms with Gasteiger partial charge in [-0.1, -0.05) is 19.4 Å². The number of rotatable bonds is 6. The van der Waals surface area contributed by atoms with Crippen molar-refractivity contribution in [1.29, 1.82) is 5.41 Å². The van der Waals surface area contributed by atoms with Gasteiger partial charge in [-0.3, -0.25) is 0 Å². The molecule has 0 heterocycles. The van der Waals surface area contributed by atoms with Gasteiger partial charge in [-0.2, -0.15) is 0 Å². The van der Waals surface area contributed by atoms with Crippen molar-refractivity contribution in [3.8, 4) is 0 Å². The average molecular weight is 220 g/mol. The molecule has 0 aliphatic heterocycles. The van der Waals surface area contributed by atoms with E-state index in [2.05, 4.69) is 12.2 Å². The second-order valence-electron chi connectivity index (χ2n) is 3.53. The lowest BCUT2D eigenvalue weighted by Gasteiger charge is -2.09. The zero-order valence-corrected chi connectivity index (χ0v) is 9.29. The summed E-state index contributed by atoms with van der Waals surface area (Å²) >= 11 is 0. The second kappa shape index (κ2) is 5.90. The summed E-state index contributed by atoms with van der Waals surface area (Å²) in [6.07, 6.45) is 3.32. The lowest BCUT2D eigenvalue weighted by Crippen LogP contribution is -2.06. The molecule has 0 fully saturated rings. The van der Waals surface area contributed by atoms with E-state index < -0.39 is 5.97 Å². The number of carboxylic acids is 1. The summed E-state index contributed by atoms with van der Waals surface area (Å²) in [6, 6.07) is 4.72. The minimum Gasteiger partial charge on any atom is -0.478 e. The van der Waals surface area contributed by atoms with Crippen molar-refractivity contribution in [3.63, 3.8) is 0 Å². The van der Waals surface area contributed by atoms with Crippen LogP contribution in [0, 0.1) is 5.41 Å². The first kappa shape index (κ1) is 12.2. The van der Waals surface area contributed by atoms with Crippen LogP contribution in [0.25, 0.3) is 0 Å². The Bertz CT molecular complexity index is 389. The van der Waals surface area contributed by atoms with Crippen LogP contribution >= 0.6 is 0 Å². The van der Waals surface area contributed by atoms with Gasteiger partial charge in [-0.25, -0.2) is 4.79 Å². The third kappa shape index (κ3) is 3.08. The normalized spacial score (nSPS) is 9.81. The molecule has 0 aliphatic rings. The Kier molecular flexibility index (Phi) is 4.51. The minimum absolute atomic E-state index is 0.240. The molecule has 0 aromatic heterocycles. The van der Waals surface area contributed by atoms with Crippen molar-refractivity contribution >= 4 is 17.9 Å². The molecule has 0 aliphatic carbocycles. The zero-order valence-electron chi connectivity index (χ0n) is 9.29. The van der Waals surface area contributed by atoms with E-state index in [0.717, 1.165) is 19.4 Å². The molecular formula is C12H16N2O2. The minimum atomic E-state index is -0.949. The molecule has 86 valence electrons. The summed E-state index contributed by atoms with van der Waals surface area (Å²) in [7, 11) is 0. The highest BCUT2D eigenvalue weighted by Crippen LogP contribution is 2.16. The van der Waals surface area contributed by atoms with Gasteiger partial charge in [-0.05, 0) is 18.6 Å². The van der Waals surface area contributed by atoms with Gasteiger partial charge in [0, 0.05) is 24.0 Å². The molecule has 1 aromatic carbocycles. The fourth-order valence-corrected chi connectivity index (χ4v) is 1.37. The summed E-state index contributed by atoms with van der Waals surface area (Å²) in [5, 5.41) is 19.2. The van der Waals surface area contributed by atoms with E-state index in [0.29, 0.717) is 11.3 Å². The Balaban J connectivity index is 2.88. The largest absolute Gasteiger partial charge is 0.478 e. The van der Waals surface area contributed by atoms with Crippen LogP contribution in [0.2, 0.25) is 0 Å². The molecule has 0 bridgehead atoms. The highest BCUT2D eigenvalue weighted by Gasteiger charge is 2.06. The molecular weight excluding hydrogens is 204 g/mol. The SMILES string of the molecule is CCCCNc1cc(C(=O)O)ccc1C=N. The summed E-state index contributed by atoms with van der Waals surface area (Å²) in [4.78, 5) is 10.8. The summed E-state index contributed by atoms with van der Waals surface area (Å²) in [5.74, 6) is -0.949. The van der Waals surface area contributed by atoms with Crippen molar-refractivity contribution in [2.24, 2.45) is 0 Å². The standard InChI is InChI=1S/C12H16N2O2/c1-2-3-6-14-11-7-9(12(15)16)4-5-10(11)8-13/h4-5,7-8,13-14H,2-3,6H2,1H3,(H,15,16). The maximum absolute atomic E-state index is 10.8. The number of hydrogen-bond acceptors (Lipinski definition) is 3. The Morgan fingerprint density at radius 3 is 2.88 bits per heavy atom. The van der Waals surface area contributed by atoms with E-state index in [1.807, 2.05) is 0 Å². The number of carbonyl (C=O) groups is 1. The number of aromatic carboxylic acids is 1. The third-order valence-corrected chi connectivity index (χ3v) is 2.30. The number of hydrogen-bond donors (Lipinski definition) is 3. The van der Waals surface area contributed by atoms with Gasteiger partial charge in [0.1, 0.15) is 0 Å². The smallest absolute Gasteiger partial charge is 0.335 e. The maximum atomic E-state index is 10.8. The van der Waals surface area contributed by atoms with E-state index in [-0.39, 0.29) is 5.56 Å². The average Bonchev–Trinajstić information content (AvgIpc) is 2.29. The number of nitrogens with one attached hydrogen (secondary N) is 2. The van der Waals surface area contributed by atoms with Crippen molar-refractivity contribution in [3.05, 3.63) is 29.3 Å². The van der Waals surface area contributed by atoms with Gasteiger partial charge in [-0.15, -0.1) is 0 Å². The van der Waals surface area contributed by atoms with Crippen LogP contribution in [0.4, 0.5) is 5.69 Å². The monoisotopic (exact) mass is 220 g/mol. The Hall–Kier alpha value is -1.84. The molecule has 0 atom stereocenters. The molecule has 0 amide bonds. The Labute approximate surface area is 94.8 Å². The van der Waals surface area contributed by atoms with E-state index in [4.69, 9.17) is 10.5 Å². The van der Waals surface area contributed by atoms with Crippen LogP contribution in [0.1, 0.15) is 35.7 Å². The van der Waals surface area contributed by atoms with Crippen LogP contribution in [-0.2, 0) is 0 Å². The summed E-state index contributed by atoms with van der Waals surface area (Å²) in [6.45, 7) is 2.88. The van der Waals surface area contributed by atoms with Crippen LogP contribution in [-0.4, -0.2) is 23.8 Å². The van der Waals surface area contributed by atoms with Crippen LogP contribution in [0.5, 0.6) is 0 Å². The van der Waals surface area contributed by atoms with E-state index >= 15 is 0 Å². The molecule has 3 N–H and O–H groups in total. The lowest BCUT2D eigenvalue weighted by molar-refractivity contribution is 0.0697. The predicted octanol–water partition coefficient (Wildman–Crippen LogP) is 2.59. The van der Waals surface area contributed by atoms with Gasteiger partial charge in [0.2, 0.25) is 0 Å². The quantitative estimate of drug-likeness (QED) is 0.509. The van der Waals surface area contributed by atoms with Crippen molar-refractivity contribution in [2.45, 2.75) is 19.8 Å². The van der Waals surface area contributed by atoms with Crippen LogP contribution in [0.3, 0.4) is 0 Å².